The summed E-state index contributed by atoms with van der Waals surface area (Å²) in [6.45, 7) is 3.37. The Bertz CT molecular complexity index is 947. The first kappa shape index (κ1) is 17.6. The molecular weight excluding hydrogens is 349 g/mol. The molecule has 2 aromatic heterocycles. The molecule has 2 aliphatic rings. The van der Waals surface area contributed by atoms with Gasteiger partial charge in [0.25, 0.3) is 5.56 Å². The van der Waals surface area contributed by atoms with Gasteiger partial charge in [-0.15, -0.1) is 0 Å². The molecule has 2 aromatic rings. The van der Waals surface area contributed by atoms with Crippen LogP contribution in [0.15, 0.2) is 29.3 Å². The summed E-state index contributed by atoms with van der Waals surface area (Å²) in [5, 5.41) is 0. The van der Waals surface area contributed by atoms with Gasteiger partial charge in [0, 0.05) is 69.3 Å². The van der Waals surface area contributed by atoms with Gasteiger partial charge in [0.15, 0.2) is 5.82 Å². The molecule has 8 heteroatoms. The number of halogens is 1. The molecule has 3 heterocycles. The van der Waals surface area contributed by atoms with E-state index in [1.54, 1.807) is 7.05 Å². The highest BCUT2D eigenvalue weighted by Gasteiger charge is 2.59. The molecule has 2 fully saturated rings. The first-order valence-corrected chi connectivity index (χ1v) is 9.11. The van der Waals surface area contributed by atoms with Gasteiger partial charge in [0.1, 0.15) is 0 Å². The van der Waals surface area contributed by atoms with Gasteiger partial charge >= 0.3 is 0 Å². The highest BCUT2D eigenvalue weighted by Crippen LogP contribution is 2.49. The number of anilines is 1. The topological polar surface area (TPSA) is 71.3 Å². The maximum atomic E-state index is 14.1. The summed E-state index contributed by atoms with van der Waals surface area (Å²) < 4.78 is 15.6. The summed E-state index contributed by atoms with van der Waals surface area (Å²) in [6, 6.07) is 3.09. The lowest BCUT2D eigenvalue weighted by Crippen LogP contribution is -2.38. The van der Waals surface area contributed by atoms with Crippen LogP contribution >= 0.6 is 0 Å². The van der Waals surface area contributed by atoms with Crippen LogP contribution in [0, 0.1) is 17.7 Å². The van der Waals surface area contributed by atoms with E-state index in [1.165, 1.54) is 22.9 Å². The number of carbonyl (C=O) groups excluding carboxylic acids is 1. The van der Waals surface area contributed by atoms with Crippen molar-refractivity contribution in [1.82, 2.24) is 19.4 Å². The van der Waals surface area contributed by atoms with Crippen molar-refractivity contribution < 1.29 is 9.18 Å². The van der Waals surface area contributed by atoms with Gasteiger partial charge in [-0.25, -0.2) is 9.37 Å². The van der Waals surface area contributed by atoms with E-state index in [4.69, 9.17) is 0 Å². The Morgan fingerprint density at radius 2 is 2.07 bits per heavy atom. The molecule has 142 valence electrons. The summed E-state index contributed by atoms with van der Waals surface area (Å²) >= 11 is 0. The molecule has 7 nitrogen and oxygen atoms in total. The van der Waals surface area contributed by atoms with Crippen LogP contribution in [0.1, 0.15) is 13.3 Å². The van der Waals surface area contributed by atoms with Gasteiger partial charge in [-0.2, -0.15) is 0 Å². The molecule has 1 saturated carbocycles. The number of piperidine rings is 1. The molecule has 0 radical (unpaired) electrons. The minimum atomic E-state index is -0.510. The predicted molar refractivity (Wildman–Crippen MR) is 98.7 cm³/mol. The highest BCUT2D eigenvalue weighted by molar-refractivity contribution is 5.76. The van der Waals surface area contributed by atoms with Crippen molar-refractivity contribution in [3.05, 3.63) is 40.7 Å². The van der Waals surface area contributed by atoms with E-state index in [0.717, 1.165) is 19.3 Å². The SMILES string of the molecule is CCC(=O)N1C[C@@H]2[C@H](C1)[C@H]2N(C)c1nc(-c2ccncc2F)cc(=O)n1C. The lowest BCUT2D eigenvalue weighted by molar-refractivity contribution is -0.130. The smallest absolute Gasteiger partial charge is 0.255 e. The number of hydrogen-bond donors (Lipinski definition) is 0. The molecule has 1 aliphatic heterocycles. The number of fused-ring (bicyclic) bond motifs is 1. The quantitative estimate of drug-likeness (QED) is 0.810. The monoisotopic (exact) mass is 371 g/mol. The van der Waals surface area contributed by atoms with Crippen LogP contribution in [-0.4, -0.2) is 51.5 Å². The Labute approximate surface area is 156 Å². The molecule has 1 aliphatic carbocycles. The third kappa shape index (κ3) is 2.89. The minimum Gasteiger partial charge on any atom is -0.342 e. The van der Waals surface area contributed by atoms with Crippen molar-refractivity contribution >= 4 is 11.9 Å². The van der Waals surface area contributed by atoms with Crippen molar-refractivity contribution in [2.45, 2.75) is 19.4 Å². The summed E-state index contributed by atoms with van der Waals surface area (Å²) in [7, 11) is 3.57. The van der Waals surface area contributed by atoms with Gasteiger partial charge in [0.05, 0.1) is 11.9 Å². The van der Waals surface area contributed by atoms with E-state index in [0.29, 0.717) is 29.9 Å². The van der Waals surface area contributed by atoms with Gasteiger partial charge < -0.3 is 9.80 Å². The van der Waals surface area contributed by atoms with E-state index >= 15 is 0 Å². The van der Waals surface area contributed by atoms with E-state index in [2.05, 4.69) is 9.97 Å². The Morgan fingerprint density at radius 1 is 1.37 bits per heavy atom. The third-order valence-electron chi connectivity index (χ3n) is 5.73. The number of hydrogen-bond acceptors (Lipinski definition) is 5. The lowest BCUT2D eigenvalue weighted by atomic mass is 10.2. The standard InChI is InChI=1S/C19H22FN5O2/c1-4-16(26)25-9-12-13(10-25)18(12)24(3)19-22-15(7-17(27)23(19)2)11-5-6-21-8-14(11)20/h5-8,12-13,18H,4,9-10H2,1-3H3/t12-,13+,18+. The molecule has 0 unspecified atom stereocenters. The Hall–Kier alpha value is -2.77. The van der Waals surface area contributed by atoms with Crippen LogP contribution in [0.4, 0.5) is 10.3 Å². The summed E-state index contributed by atoms with van der Waals surface area (Å²) in [4.78, 5) is 36.5. The summed E-state index contributed by atoms with van der Waals surface area (Å²) in [5.74, 6) is 0.960. The van der Waals surface area contributed by atoms with Crippen molar-refractivity contribution in [2.24, 2.45) is 18.9 Å². The average Bonchev–Trinajstić information content (AvgIpc) is 3.16. The molecule has 1 amide bonds. The number of pyridine rings is 1. The maximum absolute atomic E-state index is 14.1. The number of rotatable bonds is 4. The van der Waals surface area contributed by atoms with Gasteiger partial charge in [-0.05, 0) is 6.07 Å². The molecule has 27 heavy (non-hydrogen) atoms. The molecule has 0 N–H and O–H groups in total. The highest BCUT2D eigenvalue weighted by atomic mass is 19.1. The van der Waals surface area contributed by atoms with Crippen molar-refractivity contribution in [2.75, 3.05) is 25.0 Å². The second-order valence-corrected chi connectivity index (χ2v) is 7.28. The van der Waals surface area contributed by atoms with Crippen LogP contribution in [0.3, 0.4) is 0 Å². The number of carbonyl (C=O) groups is 1. The molecule has 0 bridgehead atoms. The van der Waals surface area contributed by atoms with Crippen molar-refractivity contribution in [3.8, 4) is 11.3 Å². The van der Waals surface area contributed by atoms with Crippen LogP contribution < -0.4 is 10.5 Å². The lowest BCUT2D eigenvalue weighted by Gasteiger charge is -2.26. The Morgan fingerprint density at radius 3 is 2.70 bits per heavy atom. The zero-order valence-corrected chi connectivity index (χ0v) is 15.6. The molecular formula is C19H22FN5O2. The molecule has 0 spiro atoms. The fourth-order valence-electron chi connectivity index (χ4n) is 4.19. The zero-order valence-electron chi connectivity index (χ0n) is 15.6. The number of likely N-dealkylation sites (tertiary alicyclic amines) is 1. The summed E-state index contributed by atoms with van der Waals surface area (Å²) in [6.07, 6.45) is 3.11. The molecule has 1 saturated heterocycles. The minimum absolute atomic E-state index is 0.185. The van der Waals surface area contributed by atoms with E-state index in [-0.39, 0.29) is 23.1 Å². The van der Waals surface area contributed by atoms with Crippen LogP contribution in [0.25, 0.3) is 11.3 Å². The number of nitrogens with zero attached hydrogens (tertiary/aromatic N) is 5. The van der Waals surface area contributed by atoms with Crippen molar-refractivity contribution in [1.29, 1.82) is 0 Å². The molecule has 0 aromatic carbocycles. The average molecular weight is 371 g/mol. The van der Waals surface area contributed by atoms with E-state index < -0.39 is 5.82 Å². The van der Waals surface area contributed by atoms with E-state index in [9.17, 15) is 14.0 Å². The van der Waals surface area contributed by atoms with Crippen molar-refractivity contribution in [3.63, 3.8) is 0 Å². The molecule has 3 atom stereocenters. The second-order valence-electron chi connectivity index (χ2n) is 7.28. The second kappa shape index (κ2) is 6.44. The van der Waals surface area contributed by atoms with Crippen LogP contribution in [0.2, 0.25) is 0 Å². The first-order valence-electron chi connectivity index (χ1n) is 9.11. The predicted octanol–water partition coefficient (Wildman–Crippen LogP) is 1.28. The van der Waals surface area contributed by atoms with Crippen LogP contribution in [-0.2, 0) is 11.8 Å². The van der Waals surface area contributed by atoms with E-state index in [1.807, 2.05) is 23.8 Å². The Kier molecular flexibility index (Phi) is 4.20. The Balaban J connectivity index is 1.61. The first-order chi connectivity index (χ1) is 12.9. The number of amides is 1. The largest absolute Gasteiger partial charge is 0.342 e. The van der Waals surface area contributed by atoms with Gasteiger partial charge in [-0.3, -0.25) is 19.1 Å². The summed E-state index contributed by atoms with van der Waals surface area (Å²) in [5.41, 5.74) is 0.313. The zero-order chi connectivity index (χ0) is 19.3. The number of aromatic nitrogens is 3. The maximum Gasteiger partial charge on any atom is 0.255 e. The molecule has 4 rings (SSSR count). The fraction of sp³-hybridized carbons (Fsp3) is 0.474. The third-order valence-corrected chi connectivity index (χ3v) is 5.73. The van der Waals surface area contributed by atoms with Gasteiger partial charge in [0.2, 0.25) is 11.9 Å². The fourth-order valence-corrected chi connectivity index (χ4v) is 4.19. The normalized spacial score (nSPS) is 23.3. The van der Waals surface area contributed by atoms with Gasteiger partial charge in [-0.1, -0.05) is 6.92 Å². The van der Waals surface area contributed by atoms with Crippen LogP contribution in [0.5, 0.6) is 0 Å².